The van der Waals surface area contributed by atoms with Crippen molar-refractivity contribution >= 4 is 17.5 Å². The number of benzene rings is 1. The van der Waals surface area contributed by atoms with Gasteiger partial charge in [-0.2, -0.15) is 0 Å². The first-order valence-electron chi connectivity index (χ1n) is 7.38. The summed E-state index contributed by atoms with van der Waals surface area (Å²) in [5.74, 6) is 0.200. The Kier molecular flexibility index (Phi) is 4.77. The molecule has 0 aliphatic carbocycles. The van der Waals surface area contributed by atoms with Crippen molar-refractivity contribution in [3.05, 3.63) is 29.3 Å². The summed E-state index contributed by atoms with van der Waals surface area (Å²) in [4.78, 5) is 25.7. The van der Waals surface area contributed by atoms with Crippen LogP contribution in [0.4, 0.5) is 10.5 Å². The van der Waals surface area contributed by atoms with Crippen LogP contribution in [-0.2, 0) is 6.42 Å². The molecule has 1 heterocycles. The number of fused-ring (bicyclic) bond motifs is 1. The second-order valence-corrected chi connectivity index (χ2v) is 5.11. The van der Waals surface area contributed by atoms with Gasteiger partial charge in [-0.1, -0.05) is 13.3 Å². The molecule has 0 unspecified atom stereocenters. The number of urea groups is 1. The second-order valence-electron chi connectivity index (χ2n) is 5.11. The average Bonchev–Trinajstić information content (AvgIpc) is 2.88. The summed E-state index contributed by atoms with van der Waals surface area (Å²) < 4.78 is 0. The first kappa shape index (κ1) is 14.6. The van der Waals surface area contributed by atoms with Crippen molar-refractivity contribution in [2.24, 2.45) is 0 Å². The van der Waals surface area contributed by atoms with Crippen LogP contribution in [0.2, 0.25) is 0 Å². The molecule has 2 amide bonds. The molecule has 0 aromatic heterocycles. The summed E-state index contributed by atoms with van der Waals surface area (Å²) in [7, 11) is 0. The van der Waals surface area contributed by atoms with Gasteiger partial charge in [0.25, 0.3) is 0 Å². The number of nitrogens with one attached hydrogen (secondary N) is 1. The zero-order chi connectivity index (χ0) is 14.5. The third-order valence-corrected chi connectivity index (χ3v) is 3.63. The molecule has 2 rings (SSSR count). The van der Waals surface area contributed by atoms with Gasteiger partial charge in [-0.15, -0.1) is 0 Å². The number of Topliss-reactive ketones (excluding diaryl/α,β-unsaturated/α-hetero) is 1. The Balaban J connectivity index is 2.14. The van der Waals surface area contributed by atoms with Gasteiger partial charge in [0.2, 0.25) is 0 Å². The zero-order valence-electron chi connectivity index (χ0n) is 12.2. The summed E-state index contributed by atoms with van der Waals surface area (Å²) in [6.45, 7) is 5.30. The van der Waals surface area contributed by atoms with Crippen LogP contribution in [0, 0.1) is 0 Å². The van der Waals surface area contributed by atoms with Crippen molar-refractivity contribution in [3.8, 4) is 0 Å². The number of unbranched alkanes of at least 4 members (excludes halogenated alkanes) is 1. The van der Waals surface area contributed by atoms with Crippen molar-refractivity contribution in [2.45, 2.75) is 39.5 Å². The molecule has 0 atom stereocenters. The number of amides is 2. The normalized spacial score (nSPS) is 13.2. The van der Waals surface area contributed by atoms with Crippen LogP contribution in [0.1, 0.15) is 49.0 Å². The standard InChI is InChI=1S/C16H22N2O2/c1-3-5-6-15(19)13-7-8-14-12(11-13)9-10-18(14)16(20)17-4-2/h7-8,11H,3-6,9-10H2,1-2H3,(H,17,20). The minimum atomic E-state index is -0.0590. The molecular formula is C16H22N2O2. The van der Waals surface area contributed by atoms with E-state index in [1.165, 1.54) is 0 Å². The Morgan fingerprint density at radius 1 is 1.30 bits per heavy atom. The maximum atomic E-state index is 12.0. The van der Waals surface area contributed by atoms with Crippen molar-refractivity contribution in [1.29, 1.82) is 0 Å². The molecule has 108 valence electrons. The van der Waals surface area contributed by atoms with Gasteiger partial charge in [0, 0.05) is 30.8 Å². The number of hydrogen-bond donors (Lipinski definition) is 1. The fourth-order valence-electron chi connectivity index (χ4n) is 2.51. The van der Waals surface area contributed by atoms with Gasteiger partial charge in [-0.25, -0.2) is 4.79 Å². The highest BCUT2D eigenvalue weighted by Gasteiger charge is 2.24. The van der Waals surface area contributed by atoms with Gasteiger partial charge in [0.1, 0.15) is 0 Å². The Hall–Kier alpha value is -1.84. The maximum absolute atomic E-state index is 12.0. The molecule has 0 spiro atoms. The molecule has 4 nitrogen and oxygen atoms in total. The second kappa shape index (κ2) is 6.55. The fourth-order valence-corrected chi connectivity index (χ4v) is 2.51. The number of hydrogen-bond acceptors (Lipinski definition) is 2. The molecule has 1 N–H and O–H groups in total. The molecule has 4 heteroatoms. The maximum Gasteiger partial charge on any atom is 0.321 e. The van der Waals surface area contributed by atoms with E-state index in [2.05, 4.69) is 12.2 Å². The Morgan fingerprint density at radius 2 is 2.10 bits per heavy atom. The number of nitrogens with zero attached hydrogens (tertiary/aromatic N) is 1. The van der Waals surface area contributed by atoms with Crippen LogP contribution in [0.15, 0.2) is 18.2 Å². The molecule has 1 aromatic rings. The quantitative estimate of drug-likeness (QED) is 0.838. The van der Waals surface area contributed by atoms with E-state index in [4.69, 9.17) is 0 Å². The van der Waals surface area contributed by atoms with E-state index in [1.807, 2.05) is 25.1 Å². The number of carbonyl (C=O) groups is 2. The highest BCUT2D eigenvalue weighted by Crippen LogP contribution is 2.29. The third kappa shape index (κ3) is 3.00. The highest BCUT2D eigenvalue weighted by molar-refractivity contribution is 5.99. The van der Waals surface area contributed by atoms with Crippen LogP contribution >= 0.6 is 0 Å². The van der Waals surface area contributed by atoms with E-state index in [-0.39, 0.29) is 11.8 Å². The van der Waals surface area contributed by atoms with E-state index in [1.54, 1.807) is 4.90 Å². The predicted octanol–water partition coefficient (Wildman–Crippen LogP) is 3.15. The Labute approximate surface area is 120 Å². The fraction of sp³-hybridized carbons (Fsp3) is 0.500. The topological polar surface area (TPSA) is 49.4 Å². The minimum absolute atomic E-state index is 0.0590. The van der Waals surface area contributed by atoms with Crippen molar-refractivity contribution in [3.63, 3.8) is 0 Å². The molecule has 0 saturated heterocycles. The summed E-state index contributed by atoms with van der Waals surface area (Å²) in [6, 6.07) is 5.63. The van der Waals surface area contributed by atoms with Crippen LogP contribution in [-0.4, -0.2) is 24.9 Å². The van der Waals surface area contributed by atoms with Crippen LogP contribution in [0.3, 0.4) is 0 Å². The molecule has 1 aliphatic heterocycles. The lowest BCUT2D eigenvalue weighted by Crippen LogP contribution is -2.38. The van der Waals surface area contributed by atoms with Crippen molar-refractivity contribution in [2.75, 3.05) is 18.0 Å². The average molecular weight is 274 g/mol. The van der Waals surface area contributed by atoms with Gasteiger partial charge >= 0.3 is 6.03 Å². The number of ketones is 1. The first-order valence-corrected chi connectivity index (χ1v) is 7.38. The summed E-state index contributed by atoms with van der Waals surface area (Å²) in [5.41, 5.74) is 2.80. The number of carbonyl (C=O) groups excluding carboxylic acids is 2. The van der Waals surface area contributed by atoms with E-state index >= 15 is 0 Å². The van der Waals surface area contributed by atoms with Gasteiger partial charge < -0.3 is 5.32 Å². The number of rotatable bonds is 5. The summed E-state index contributed by atoms with van der Waals surface area (Å²) in [5, 5.41) is 2.81. The van der Waals surface area contributed by atoms with Gasteiger partial charge in [0.15, 0.2) is 5.78 Å². The number of anilines is 1. The van der Waals surface area contributed by atoms with Crippen molar-refractivity contribution < 1.29 is 9.59 Å². The Morgan fingerprint density at radius 3 is 2.80 bits per heavy atom. The van der Waals surface area contributed by atoms with Gasteiger partial charge in [-0.05, 0) is 43.5 Å². The van der Waals surface area contributed by atoms with Crippen LogP contribution in [0.25, 0.3) is 0 Å². The summed E-state index contributed by atoms with van der Waals surface area (Å²) >= 11 is 0. The lowest BCUT2D eigenvalue weighted by Gasteiger charge is -2.17. The highest BCUT2D eigenvalue weighted by atomic mass is 16.2. The predicted molar refractivity (Wildman–Crippen MR) is 80.4 cm³/mol. The molecule has 1 aromatic carbocycles. The molecule has 0 bridgehead atoms. The van der Waals surface area contributed by atoms with Crippen LogP contribution < -0.4 is 10.2 Å². The largest absolute Gasteiger partial charge is 0.338 e. The van der Waals surface area contributed by atoms with Gasteiger partial charge in [-0.3, -0.25) is 9.69 Å². The Bertz CT molecular complexity index is 511. The lowest BCUT2D eigenvalue weighted by atomic mass is 10.0. The zero-order valence-corrected chi connectivity index (χ0v) is 12.2. The minimum Gasteiger partial charge on any atom is -0.338 e. The molecule has 0 fully saturated rings. The van der Waals surface area contributed by atoms with E-state index < -0.39 is 0 Å². The molecular weight excluding hydrogens is 252 g/mol. The molecule has 0 radical (unpaired) electrons. The summed E-state index contributed by atoms with van der Waals surface area (Å²) in [6.07, 6.45) is 3.39. The van der Waals surface area contributed by atoms with Crippen molar-refractivity contribution in [1.82, 2.24) is 5.32 Å². The van der Waals surface area contributed by atoms with E-state index in [0.29, 0.717) is 19.5 Å². The van der Waals surface area contributed by atoms with Crippen LogP contribution in [0.5, 0.6) is 0 Å². The van der Waals surface area contributed by atoms with Gasteiger partial charge in [0.05, 0.1) is 0 Å². The molecule has 20 heavy (non-hydrogen) atoms. The monoisotopic (exact) mass is 274 g/mol. The first-order chi connectivity index (χ1) is 9.67. The molecule has 0 saturated carbocycles. The SMILES string of the molecule is CCCCC(=O)c1ccc2c(c1)CCN2C(=O)NCC. The molecule has 1 aliphatic rings. The lowest BCUT2D eigenvalue weighted by molar-refractivity contribution is 0.0979. The van der Waals surface area contributed by atoms with E-state index in [0.717, 1.165) is 36.1 Å². The van der Waals surface area contributed by atoms with E-state index in [9.17, 15) is 9.59 Å². The third-order valence-electron chi connectivity index (χ3n) is 3.63. The smallest absolute Gasteiger partial charge is 0.321 e.